The Hall–Kier alpha value is -1.07. The van der Waals surface area contributed by atoms with Gasteiger partial charge in [0.15, 0.2) is 0 Å². The van der Waals surface area contributed by atoms with Crippen LogP contribution in [0.4, 0.5) is 5.69 Å². The van der Waals surface area contributed by atoms with E-state index >= 15 is 0 Å². The lowest BCUT2D eigenvalue weighted by Crippen LogP contribution is -2.28. The highest BCUT2D eigenvalue weighted by molar-refractivity contribution is 7.92. The predicted octanol–water partition coefficient (Wildman–Crippen LogP) is 1.67. The maximum absolute atomic E-state index is 12.0. The first-order valence-corrected chi connectivity index (χ1v) is 8.63. The van der Waals surface area contributed by atoms with Crippen LogP contribution in [0.15, 0.2) is 18.2 Å². The van der Waals surface area contributed by atoms with Gasteiger partial charge in [-0.25, -0.2) is 8.42 Å². The zero-order chi connectivity index (χ0) is 13.3. The van der Waals surface area contributed by atoms with Crippen LogP contribution < -0.4 is 10.0 Å². The first kappa shape index (κ1) is 12.9. The Labute approximate surface area is 114 Å². The van der Waals surface area contributed by atoms with Crippen LogP contribution in [-0.2, 0) is 22.9 Å². The van der Waals surface area contributed by atoms with Crippen molar-refractivity contribution in [2.24, 2.45) is 0 Å². The van der Waals surface area contributed by atoms with Gasteiger partial charge in [0.05, 0.1) is 5.75 Å². The van der Waals surface area contributed by atoms with Crippen molar-refractivity contribution < 1.29 is 8.42 Å². The molecule has 0 amide bonds. The highest BCUT2D eigenvalue weighted by atomic mass is 32.2. The summed E-state index contributed by atoms with van der Waals surface area (Å²) in [6.07, 6.45) is 5.72. The van der Waals surface area contributed by atoms with Crippen molar-refractivity contribution in [3.05, 3.63) is 29.3 Å². The van der Waals surface area contributed by atoms with Crippen LogP contribution in [0.2, 0.25) is 0 Å². The van der Waals surface area contributed by atoms with Crippen molar-refractivity contribution in [2.45, 2.75) is 38.1 Å². The molecule has 3 rings (SSSR count). The lowest BCUT2D eigenvalue weighted by Gasteiger charge is -2.10. The highest BCUT2D eigenvalue weighted by Crippen LogP contribution is 2.25. The number of anilines is 1. The Morgan fingerprint density at radius 3 is 2.74 bits per heavy atom. The van der Waals surface area contributed by atoms with E-state index in [0.717, 1.165) is 12.8 Å². The highest BCUT2D eigenvalue weighted by Gasteiger charge is 2.21. The number of benzene rings is 1. The second kappa shape index (κ2) is 5.13. The first-order chi connectivity index (χ1) is 9.12. The Morgan fingerprint density at radius 1 is 1.16 bits per heavy atom. The molecule has 5 heteroatoms. The number of rotatable bonds is 6. The molecule has 0 unspecified atom stereocenters. The molecule has 2 aliphatic rings. The molecule has 0 bridgehead atoms. The lowest BCUT2D eigenvalue weighted by atomic mass is 10.1. The molecule has 2 N–H and O–H groups in total. The number of fused-ring (bicyclic) bond motifs is 1. The molecular weight excluding hydrogens is 260 g/mol. The van der Waals surface area contributed by atoms with Gasteiger partial charge in [-0.05, 0) is 55.4 Å². The van der Waals surface area contributed by atoms with Gasteiger partial charge in [0.2, 0.25) is 10.0 Å². The third-order valence-corrected chi connectivity index (χ3v) is 5.04. The summed E-state index contributed by atoms with van der Waals surface area (Å²) in [5, 5.41) is 3.22. The standard InChI is InChI=1S/C14H20N2O2S/c17-19(18,9-8-15-13-6-7-13)16-14-5-4-11-2-1-3-12(11)10-14/h4-5,10,13,15-16H,1-3,6-9H2. The normalized spacial score (nSPS) is 18.3. The van der Waals surface area contributed by atoms with E-state index in [1.807, 2.05) is 18.2 Å². The molecule has 1 aromatic carbocycles. The fourth-order valence-corrected chi connectivity index (χ4v) is 3.53. The Balaban J connectivity index is 1.59. The average molecular weight is 280 g/mol. The molecule has 0 radical (unpaired) electrons. The second-order valence-corrected chi connectivity index (χ2v) is 7.33. The van der Waals surface area contributed by atoms with Gasteiger partial charge in [0.25, 0.3) is 0 Å². The van der Waals surface area contributed by atoms with Crippen molar-refractivity contribution in [3.8, 4) is 0 Å². The minimum atomic E-state index is -3.23. The van der Waals surface area contributed by atoms with Crippen molar-refractivity contribution in [3.63, 3.8) is 0 Å². The van der Waals surface area contributed by atoms with Gasteiger partial charge in [-0.3, -0.25) is 4.72 Å². The summed E-state index contributed by atoms with van der Waals surface area (Å²) in [6, 6.07) is 6.45. The SMILES string of the molecule is O=S(=O)(CCNC1CC1)Nc1ccc2c(c1)CCC2. The molecule has 19 heavy (non-hydrogen) atoms. The maximum atomic E-state index is 12.0. The second-order valence-electron chi connectivity index (χ2n) is 5.49. The van der Waals surface area contributed by atoms with E-state index in [9.17, 15) is 8.42 Å². The van der Waals surface area contributed by atoms with Crippen molar-refractivity contribution in [1.29, 1.82) is 0 Å². The number of aryl methyl sites for hydroxylation is 2. The first-order valence-electron chi connectivity index (χ1n) is 6.98. The lowest BCUT2D eigenvalue weighted by molar-refractivity contribution is 0.595. The van der Waals surface area contributed by atoms with Crippen LogP contribution in [0.3, 0.4) is 0 Å². The van der Waals surface area contributed by atoms with E-state index in [0.29, 0.717) is 18.3 Å². The van der Waals surface area contributed by atoms with Gasteiger partial charge in [0, 0.05) is 18.3 Å². The summed E-state index contributed by atoms with van der Waals surface area (Å²) in [5.74, 6) is 0.139. The third-order valence-electron chi connectivity index (χ3n) is 3.75. The van der Waals surface area contributed by atoms with Crippen LogP contribution in [0.5, 0.6) is 0 Å². The summed E-state index contributed by atoms with van der Waals surface area (Å²) in [5.41, 5.74) is 3.35. The fourth-order valence-electron chi connectivity index (χ4n) is 2.55. The quantitative estimate of drug-likeness (QED) is 0.833. The van der Waals surface area contributed by atoms with Gasteiger partial charge in [-0.1, -0.05) is 6.07 Å². The summed E-state index contributed by atoms with van der Waals surface area (Å²) >= 11 is 0. The molecule has 0 aliphatic heterocycles. The van der Waals surface area contributed by atoms with E-state index in [2.05, 4.69) is 10.0 Å². The average Bonchev–Trinajstić information content (AvgIpc) is 3.05. The fraction of sp³-hybridized carbons (Fsp3) is 0.571. The predicted molar refractivity (Wildman–Crippen MR) is 76.9 cm³/mol. The monoisotopic (exact) mass is 280 g/mol. The summed E-state index contributed by atoms with van der Waals surface area (Å²) < 4.78 is 26.6. The Morgan fingerprint density at radius 2 is 1.95 bits per heavy atom. The van der Waals surface area contributed by atoms with Crippen molar-refractivity contribution in [1.82, 2.24) is 5.32 Å². The molecule has 1 aromatic rings. The summed E-state index contributed by atoms with van der Waals surface area (Å²) in [4.78, 5) is 0. The number of hydrogen-bond donors (Lipinski definition) is 2. The maximum Gasteiger partial charge on any atom is 0.233 e. The summed E-state index contributed by atoms with van der Waals surface area (Å²) in [7, 11) is -3.23. The molecule has 1 fully saturated rings. The molecule has 0 aromatic heterocycles. The van der Waals surface area contributed by atoms with Crippen LogP contribution in [0, 0.1) is 0 Å². The molecule has 0 atom stereocenters. The van der Waals surface area contributed by atoms with Gasteiger partial charge >= 0.3 is 0 Å². The number of sulfonamides is 1. The molecule has 0 saturated heterocycles. The Bertz CT molecular complexity index is 565. The molecule has 1 saturated carbocycles. The van der Waals surface area contributed by atoms with E-state index in [4.69, 9.17) is 0 Å². The largest absolute Gasteiger partial charge is 0.313 e. The van der Waals surface area contributed by atoms with Gasteiger partial charge in [-0.2, -0.15) is 0 Å². The Kier molecular flexibility index (Phi) is 3.50. The van der Waals surface area contributed by atoms with E-state index in [-0.39, 0.29) is 5.75 Å². The topological polar surface area (TPSA) is 58.2 Å². The minimum Gasteiger partial charge on any atom is -0.313 e. The molecule has 2 aliphatic carbocycles. The molecule has 104 valence electrons. The van der Waals surface area contributed by atoms with E-state index in [1.165, 1.54) is 30.4 Å². The molecule has 0 heterocycles. The number of nitrogens with one attached hydrogen (secondary N) is 2. The van der Waals surface area contributed by atoms with Crippen molar-refractivity contribution >= 4 is 15.7 Å². The minimum absolute atomic E-state index is 0.139. The van der Waals surface area contributed by atoms with Crippen LogP contribution >= 0.6 is 0 Å². The number of hydrogen-bond acceptors (Lipinski definition) is 3. The molecular formula is C14H20N2O2S. The summed E-state index contributed by atoms with van der Waals surface area (Å²) in [6.45, 7) is 0.533. The van der Waals surface area contributed by atoms with E-state index in [1.54, 1.807) is 0 Å². The zero-order valence-corrected chi connectivity index (χ0v) is 11.8. The smallest absolute Gasteiger partial charge is 0.233 e. The molecule has 0 spiro atoms. The van der Waals surface area contributed by atoms with Crippen LogP contribution in [-0.4, -0.2) is 26.8 Å². The van der Waals surface area contributed by atoms with E-state index < -0.39 is 10.0 Å². The van der Waals surface area contributed by atoms with Crippen molar-refractivity contribution in [2.75, 3.05) is 17.0 Å². The van der Waals surface area contributed by atoms with Crippen LogP contribution in [0.1, 0.15) is 30.4 Å². The van der Waals surface area contributed by atoms with Gasteiger partial charge < -0.3 is 5.32 Å². The van der Waals surface area contributed by atoms with Gasteiger partial charge in [0.1, 0.15) is 0 Å². The third kappa shape index (κ3) is 3.48. The van der Waals surface area contributed by atoms with Crippen LogP contribution in [0.25, 0.3) is 0 Å². The zero-order valence-electron chi connectivity index (χ0n) is 11.0. The van der Waals surface area contributed by atoms with Gasteiger partial charge in [-0.15, -0.1) is 0 Å². The molecule has 4 nitrogen and oxygen atoms in total.